The van der Waals surface area contributed by atoms with Gasteiger partial charge in [0.2, 0.25) is 0 Å². The Balaban J connectivity index is 1.01. The molecule has 0 saturated heterocycles. The van der Waals surface area contributed by atoms with E-state index in [0.717, 1.165) is 33.0 Å². The molecule has 12 aromatic rings. The van der Waals surface area contributed by atoms with Crippen molar-refractivity contribution in [2.24, 2.45) is 0 Å². The molecular formula is C60H37N3S. The third-order valence-electron chi connectivity index (χ3n) is 13.2. The van der Waals surface area contributed by atoms with E-state index >= 15 is 0 Å². The third-order valence-corrected chi connectivity index (χ3v) is 14.3. The van der Waals surface area contributed by atoms with E-state index in [1.807, 2.05) is 11.3 Å². The predicted molar refractivity (Wildman–Crippen MR) is 267 cm³/mol. The van der Waals surface area contributed by atoms with Crippen LogP contribution >= 0.6 is 11.3 Å². The summed E-state index contributed by atoms with van der Waals surface area (Å²) in [5, 5.41) is 7.12. The van der Waals surface area contributed by atoms with E-state index in [1.54, 1.807) is 0 Å². The maximum absolute atomic E-state index is 5.34. The Bertz CT molecular complexity index is 3750. The van der Waals surface area contributed by atoms with Crippen LogP contribution in [0.25, 0.3) is 98.1 Å². The van der Waals surface area contributed by atoms with Crippen LogP contribution in [0.2, 0.25) is 0 Å². The molecule has 0 saturated carbocycles. The summed E-state index contributed by atoms with van der Waals surface area (Å²) in [5.74, 6) is 1.93. The summed E-state index contributed by atoms with van der Waals surface area (Å²) in [7, 11) is 0. The van der Waals surface area contributed by atoms with Crippen molar-refractivity contribution in [1.29, 1.82) is 0 Å². The van der Waals surface area contributed by atoms with Gasteiger partial charge in [-0.25, -0.2) is 15.0 Å². The van der Waals surface area contributed by atoms with Crippen molar-refractivity contribution >= 4 is 53.1 Å². The minimum Gasteiger partial charge on any atom is -0.208 e. The van der Waals surface area contributed by atoms with Gasteiger partial charge in [0, 0.05) is 36.9 Å². The molecule has 0 spiro atoms. The maximum Gasteiger partial charge on any atom is 0.164 e. The minimum atomic E-state index is -0.506. The molecule has 0 atom stereocenters. The zero-order valence-electron chi connectivity index (χ0n) is 34.6. The summed E-state index contributed by atoms with van der Waals surface area (Å²) in [6.45, 7) is 0. The summed E-state index contributed by atoms with van der Waals surface area (Å²) < 4.78 is 2.42. The van der Waals surface area contributed by atoms with E-state index < -0.39 is 5.41 Å². The average molecular weight is 832 g/mol. The minimum absolute atomic E-state index is 0.506. The van der Waals surface area contributed by atoms with Gasteiger partial charge in [-0.15, -0.1) is 11.3 Å². The van der Waals surface area contributed by atoms with Crippen molar-refractivity contribution in [3.8, 4) is 56.4 Å². The van der Waals surface area contributed by atoms with Crippen LogP contribution in [0.15, 0.2) is 224 Å². The van der Waals surface area contributed by atoms with Gasteiger partial charge >= 0.3 is 0 Å². The summed E-state index contributed by atoms with van der Waals surface area (Å²) >= 11 is 1.82. The first-order chi connectivity index (χ1) is 31.7. The fraction of sp³-hybridized carbons (Fsp3) is 0.0167. The third kappa shape index (κ3) is 5.70. The van der Waals surface area contributed by atoms with E-state index in [1.165, 1.54) is 69.9 Å². The molecule has 0 amide bonds. The van der Waals surface area contributed by atoms with Gasteiger partial charge in [-0.2, -0.15) is 0 Å². The average Bonchev–Trinajstić information content (AvgIpc) is 3.90. The quantitative estimate of drug-likeness (QED) is 0.168. The van der Waals surface area contributed by atoms with Gasteiger partial charge in [0.15, 0.2) is 17.5 Å². The Kier molecular flexibility index (Phi) is 8.30. The van der Waals surface area contributed by atoms with Crippen LogP contribution in [0.1, 0.15) is 22.3 Å². The molecule has 1 aliphatic carbocycles. The highest BCUT2D eigenvalue weighted by Gasteiger charge is 2.46. The van der Waals surface area contributed by atoms with Gasteiger partial charge < -0.3 is 0 Å². The molecule has 64 heavy (non-hydrogen) atoms. The summed E-state index contributed by atoms with van der Waals surface area (Å²) in [6.07, 6.45) is 0. The zero-order chi connectivity index (χ0) is 42.2. The van der Waals surface area contributed by atoms with Crippen LogP contribution in [0.3, 0.4) is 0 Å². The van der Waals surface area contributed by atoms with E-state index in [4.69, 9.17) is 15.0 Å². The second kappa shape index (κ2) is 14.5. The molecule has 1 aliphatic rings. The number of nitrogens with zero attached hydrogens (tertiary/aromatic N) is 3. The normalized spacial score (nSPS) is 12.8. The van der Waals surface area contributed by atoms with Crippen molar-refractivity contribution < 1.29 is 0 Å². The van der Waals surface area contributed by atoms with Gasteiger partial charge in [0.1, 0.15) is 0 Å². The zero-order valence-corrected chi connectivity index (χ0v) is 35.4. The maximum atomic E-state index is 5.34. The molecule has 0 fully saturated rings. The van der Waals surface area contributed by atoms with Gasteiger partial charge in [-0.3, -0.25) is 0 Å². The van der Waals surface area contributed by atoms with Crippen LogP contribution in [-0.2, 0) is 5.41 Å². The molecule has 0 bridgehead atoms. The number of thiophene rings is 1. The molecule has 2 heterocycles. The van der Waals surface area contributed by atoms with E-state index in [2.05, 4.69) is 224 Å². The van der Waals surface area contributed by atoms with Gasteiger partial charge in [-0.1, -0.05) is 194 Å². The molecule has 13 rings (SSSR count). The fourth-order valence-corrected chi connectivity index (χ4v) is 11.3. The van der Waals surface area contributed by atoms with Gasteiger partial charge in [-0.05, 0) is 96.4 Å². The van der Waals surface area contributed by atoms with E-state index in [0.29, 0.717) is 17.5 Å². The lowest BCUT2D eigenvalue weighted by molar-refractivity contribution is 0.770. The van der Waals surface area contributed by atoms with Crippen molar-refractivity contribution in [1.82, 2.24) is 15.0 Å². The molecule has 0 radical (unpaired) electrons. The van der Waals surface area contributed by atoms with Crippen LogP contribution in [0.4, 0.5) is 0 Å². The molecule has 0 unspecified atom stereocenters. The van der Waals surface area contributed by atoms with Crippen molar-refractivity contribution in [2.75, 3.05) is 0 Å². The molecule has 10 aromatic carbocycles. The van der Waals surface area contributed by atoms with Crippen LogP contribution < -0.4 is 0 Å². The molecular weight excluding hydrogens is 795 g/mol. The summed E-state index contributed by atoms with van der Waals surface area (Å²) in [5.41, 5.74) is 12.3. The standard InChI is InChI=1S/C60H37N3S/c1-2-17-46(18-3-1)60(52-22-10-8-19-48(52)49-20-9-11-23-53(49)60)47-33-34-54-51(37-47)56-50(21-12-24-55(56)64-54)59-62-57(61-58(63-59)45-32-28-39-14-5-7-16-43(39)36-45)41-29-25-40(26-30-41)44-31-27-38-13-4-6-15-42(38)35-44/h1-37H. The monoisotopic (exact) mass is 831 g/mol. The smallest absolute Gasteiger partial charge is 0.164 e. The highest BCUT2D eigenvalue weighted by atomic mass is 32.1. The van der Waals surface area contributed by atoms with Gasteiger partial charge in [0.05, 0.1) is 5.41 Å². The Morgan fingerprint density at radius 1 is 0.312 bits per heavy atom. The Morgan fingerprint density at radius 2 is 0.844 bits per heavy atom. The molecule has 0 N–H and O–H groups in total. The second-order valence-electron chi connectivity index (χ2n) is 16.7. The largest absolute Gasteiger partial charge is 0.208 e. The Hall–Kier alpha value is -8.05. The lowest BCUT2D eigenvalue weighted by Gasteiger charge is -2.34. The molecule has 3 nitrogen and oxygen atoms in total. The number of fused-ring (bicyclic) bond motifs is 8. The van der Waals surface area contributed by atoms with Crippen molar-refractivity contribution in [3.63, 3.8) is 0 Å². The summed E-state index contributed by atoms with van der Waals surface area (Å²) in [6, 6.07) is 81.2. The van der Waals surface area contributed by atoms with E-state index in [-0.39, 0.29) is 0 Å². The predicted octanol–water partition coefficient (Wildman–Crippen LogP) is 15.6. The summed E-state index contributed by atoms with van der Waals surface area (Å²) in [4.78, 5) is 15.9. The molecule has 298 valence electrons. The fourth-order valence-electron chi connectivity index (χ4n) is 10.2. The number of hydrogen-bond donors (Lipinski definition) is 0. The van der Waals surface area contributed by atoms with Crippen LogP contribution in [0.5, 0.6) is 0 Å². The Morgan fingerprint density at radius 3 is 1.55 bits per heavy atom. The molecule has 2 aromatic heterocycles. The van der Waals surface area contributed by atoms with Crippen molar-refractivity contribution in [3.05, 3.63) is 247 Å². The lowest BCUT2D eigenvalue weighted by Crippen LogP contribution is -2.28. The number of rotatable bonds is 6. The number of aromatic nitrogens is 3. The second-order valence-corrected chi connectivity index (χ2v) is 17.8. The lowest BCUT2D eigenvalue weighted by atomic mass is 9.67. The topological polar surface area (TPSA) is 38.7 Å². The molecule has 4 heteroatoms. The first-order valence-electron chi connectivity index (χ1n) is 21.7. The number of hydrogen-bond acceptors (Lipinski definition) is 4. The van der Waals surface area contributed by atoms with Crippen molar-refractivity contribution in [2.45, 2.75) is 5.41 Å². The van der Waals surface area contributed by atoms with Crippen LogP contribution in [-0.4, -0.2) is 15.0 Å². The SMILES string of the molecule is c1ccc(C2(c3ccc4sc5cccc(-c6nc(-c7ccc(-c8ccc9ccccc9c8)cc7)nc(-c7ccc8ccccc8c7)n6)c5c4c3)c3ccccc3-c3ccccc32)cc1. The first-order valence-corrected chi connectivity index (χ1v) is 22.6. The van der Waals surface area contributed by atoms with E-state index in [9.17, 15) is 0 Å². The Labute approximate surface area is 374 Å². The highest BCUT2D eigenvalue weighted by molar-refractivity contribution is 7.25. The number of benzene rings is 10. The van der Waals surface area contributed by atoms with Crippen LogP contribution in [0, 0.1) is 0 Å². The van der Waals surface area contributed by atoms with Gasteiger partial charge in [0.25, 0.3) is 0 Å². The first kappa shape index (κ1) is 36.6. The molecule has 0 aliphatic heterocycles. The highest BCUT2D eigenvalue weighted by Crippen LogP contribution is 2.57.